The van der Waals surface area contributed by atoms with Crippen LogP contribution in [0.1, 0.15) is 6.92 Å². The van der Waals surface area contributed by atoms with E-state index in [0.29, 0.717) is 0 Å². The van der Waals surface area contributed by atoms with Gasteiger partial charge < -0.3 is 4.42 Å². The van der Waals surface area contributed by atoms with E-state index in [1.807, 2.05) is 0 Å². The Balaban J connectivity index is 2.31. The summed E-state index contributed by atoms with van der Waals surface area (Å²) in [5.74, 6) is 2.28. The van der Waals surface area contributed by atoms with Crippen LogP contribution in [0.4, 0.5) is 0 Å². The van der Waals surface area contributed by atoms with E-state index in [2.05, 4.69) is 24.1 Å². The molecule has 2 nitrogen and oxygen atoms in total. The maximum absolute atomic E-state index is 5.20. The van der Waals surface area contributed by atoms with Gasteiger partial charge in [0, 0.05) is 0 Å². The Hall–Kier alpha value is -1.05. The summed E-state index contributed by atoms with van der Waals surface area (Å²) in [5.41, 5.74) is 0.968. The van der Waals surface area contributed by atoms with E-state index >= 15 is 0 Å². The van der Waals surface area contributed by atoms with Crippen molar-refractivity contribution in [1.29, 1.82) is 0 Å². The Kier molecular flexibility index (Phi) is 0.799. The third-order valence-electron chi connectivity index (χ3n) is 2.84. The molecule has 1 aromatic heterocycles. The maximum atomic E-state index is 5.20. The largest absolute Gasteiger partial charge is 0.444 e. The summed E-state index contributed by atoms with van der Waals surface area (Å²) < 4.78 is 5.20. The highest BCUT2D eigenvalue weighted by Gasteiger charge is 2.44. The molecule has 0 aromatic carbocycles. The molecule has 0 aliphatic heterocycles. The van der Waals surface area contributed by atoms with Crippen molar-refractivity contribution in [3.05, 3.63) is 17.2 Å². The van der Waals surface area contributed by atoms with Crippen LogP contribution in [0.25, 0.3) is 12.2 Å². The highest BCUT2D eigenvalue weighted by atomic mass is 16.3. The van der Waals surface area contributed by atoms with Crippen LogP contribution >= 0.6 is 0 Å². The Morgan fingerprint density at radius 3 is 3.09 bits per heavy atom. The average molecular weight is 147 g/mol. The summed E-state index contributed by atoms with van der Waals surface area (Å²) in [6, 6.07) is 0. The fraction of sp³-hybridized carbons (Fsp3) is 0.444. The lowest BCUT2D eigenvalue weighted by atomic mass is 10.2. The van der Waals surface area contributed by atoms with Crippen molar-refractivity contribution in [2.75, 3.05) is 0 Å². The van der Waals surface area contributed by atoms with Gasteiger partial charge >= 0.3 is 0 Å². The van der Waals surface area contributed by atoms with Crippen molar-refractivity contribution in [1.82, 2.24) is 4.98 Å². The smallest absolute Gasteiger partial charge is 0.181 e. The molecule has 2 aliphatic carbocycles. The van der Waals surface area contributed by atoms with Crippen LogP contribution in [0.15, 0.2) is 10.8 Å². The first kappa shape index (κ1) is 5.58. The minimum absolute atomic E-state index is 0.732. The lowest BCUT2D eigenvalue weighted by molar-refractivity contribution is 0.521. The first-order chi connectivity index (χ1) is 5.36. The molecule has 0 radical (unpaired) electrons. The van der Waals surface area contributed by atoms with Crippen LogP contribution in [0.5, 0.6) is 0 Å². The van der Waals surface area contributed by atoms with Crippen molar-refractivity contribution < 1.29 is 4.42 Å². The van der Waals surface area contributed by atoms with Crippen LogP contribution in [-0.4, -0.2) is 4.98 Å². The number of fused-ring (bicyclic) bond motifs is 2. The molecule has 0 bridgehead atoms. The van der Waals surface area contributed by atoms with E-state index in [1.54, 1.807) is 0 Å². The van der Waals surface area contributed by atoms with E-state index < -0.39 is 0 Å². The summed E-state index contributed by atoms with van der Waals surface area (Å²) in [4.78, 5) is 4.11. The number of oxazole rings is 1. The van der Waals surface area contributed by atoms with E-state index in [-0.39, 0.29) is 0 Å². The Morgan fingerprint density at radius 1 is 1.36 bits per heavy atom. The molecule has 3 unspecified atom stereocenters. The van der Waals surface area contributed by atoms with Gasteiger partial charge in [0.1, 0.15) is 5.35 Å². The Morgan fingerprint density at radius 2 is 2.18 bits per heavy atom. The first-order valence-electron chi connectivity index (χ1n) is 3.99. The minimum atomic E-state index is 0.732. The van der Waals surface area contributed by atoms with E-state index in [9.17, 15) is 0 Å². The van der Waals surface area contributed by atoms with Gasteiger partial charge in [0.05, 0.1) is 0 Å². The molecule has 0 spiro atoms. The lowest BCUT2D eigenvalue weighted by Crippen LogP contribution is -2.24. The van der Waals surface area contributed by atoms with Gasteiger partial charge in [-0.05, 0) is 23.8 Å². The number of hydrogen-bond acceptors (Lipinski definition) is 2. The quantitative estimate of drug-likeness (QED) is 0.521. The SMILES string of the molecule is CC1C2C=c3ncoc3=CC12. The van der Waals surface area contributed by atoms with Crippen molar-refractivity contribution in [2.45, 2.75) is 6.92 Å². The van der Waals surface area contributed by atoms with Crippen molar-refractivity contribution in [3.8, 4) is 0 Å². The molecule has 2 heteroatoms. The minimum Gasteiger partial charge on any atom is -0.444 e. The Labute approximate surface area is 64.2 Å². The molecule has 0 saturated heterocycles. The summed E-state index contributed by atoms with van der Waals surface area (Å²) in [6.45, 7) is 2.27. The van der Waals surface area contributed by atoms with Gasteiger partial charge in [-0.3, -0.25) is 0 Å². The molecule has 1 heterocycles. The van der Waals surface area contributed by atoms with Gasteiger partial charge in [-0.15, -0.1) is 0 Å². The molecular weight excluding hydrogens is 138 g/mol. The fourth-order valence-corrected chi connectivity index (χ4v) is 1.92. The molecule has 3 atom stereocenters. The van der Waals surface area contributed by atoms with Crippen molar-refractivity contribution in [3.63, 3.8) is 0 Å². The van der Waals surface area contributed by atoms with Gasteiger partial charge in [-0.25, -0.2) is 4.98 Å². The fourth-order valence-electron chi connectivity index (χ4n) is 1.92. The van der Waals surface area contributed by atoms with Crippen LogP contribution in [0.3, 0.4) is 0 Å². The van der Waals surface area contributed by atoms with Crippen LogP contribution in [0, 0.1) is 17.8 Å². The molecule has 11 heavy (non-hydrogen) atoms. The second-order valence-corrected chi connectivity index (χ2v) is 3.45. The number of rotatable bonds is 0. The molecule has 56 valence electrons. The van der Waals surface area contributed by atoms with Crippen LogP contribution in [-0.2, 0) is 0 Å². The normalized spacial score (nSPS) is 38.1. The predicted octanol–water partition coefficient (Wildman–Crippen LogP) is 0.131. The molecule has 0 amide bonds. The maximum Gasteiger partial charge on any atom is 0.181 e. The molecular formula is C9H9NO. The van der Waals surface area contributed by atoms with E-state index in [0.717, 1.165) is 28.5 Å². The van der Waals surface area contributed by atoms with Crippen molar-refractivity contribution >= 4 is 12.2 Å². The van der Waals surface area contributed by atoms with Gasteiger partial charge in [-0.1, -0.05) is 13.0 Å². The molecule has 0 N–H and O–H groups in total. The van der Waals surface area contributed by atoms with Crippen LogP contribution < -0.4 is 10.8 Å². The highest BCUT2D eigenvalue weighted by Crippen LogP contribution is 2.48. The lowest BCUT2D eigenvalue weighted by Gasteiger charge is -1.87. The van der Waals surface area contributed by atoms with Gasteiger partial charge in [0.25, 0.3) is 0 Å². The van der Waals surface area contributed by atoms with Crippen molar-refractivity contribution in [2.24, 2.45) is 17.8 Å². The topological polar surface area (TPSA) is 26.0 Å². The van der Waals surface area contributed by atoms with Crippen LogP contribution in [0.2, 0.25) is 0 Å². The van der Waals surface area contributed by atoms with E-state index in [4.69, 9.17) is 4.42 Å². The second kappa shape index (κ2) is 1.58. The highest BCUT2D eigenvalue weighted by molar-refractivity contribution is 5.47. The zero-order valence-corrected chi connectivity index (χ0v) is 6.32. The molecule has 1 fully saturated rings. The standard InChI is InChI=1S/C9H9NO/c1-5-6-2-8-9(3-7(5)6)11-4-10-8/h2-7H,1H3. The first-order valence-corrected chi connectivity index (χ1v) is 3.99. The number of nitrogens with zero attached hydrogens (tertiary/aromatic N) is 1. The van der Waals surface area contributed by atoms with Gasteiger partial charge in [0.15, 0.2) is 11.8 Å². The second-order valence-electron chi connectivity index (χ2n) is 3.45. The average Bonchev–Trinajstić information content (AvgIpc) is 2.50. The number of aromatic nitrogens is 1. The third-order valence-corrected chi connectivity index (χ3v) is 2.84. The molecule has 3 rings (SSSR count). The number of hydrogen-bond donors (Lipinski definition) is 0. The van der Waals surface area contributed by atoms with E-state index in [1.165, 1.54) is 6.39 Å². The molecule has 1 aromatic rings. The van der Waals surface area contributed by atoms with Gasteiger partial charge in [0.2, 0.25) is 0 Å². The summed E-state index contributed by atoms with van der Waals surface area (Å²) in [7, 11) is 0. The predicted molar refractivity (Wildman–Crippen MR) is 40.8 cm³/mol. The molecule has 1 saturated carbocycles. The summed E-state index contributed by atoms with van der Waals surface area (Å²) in [5, 5.41) is 1.04. The summed E-state index contributed by atoms with van der Waals surface area (Å²) in [6.07, 6.45) is 5.96. The third kappa shape index (κ3) is 0.595. The van der Waals surface area contributed by atoms with Gasteiger partial charge in [-0.2, -0.15) is 0 Å². The summed E-state index contributed by atoms with van der Waals surface area (Å²) >= 11 is 0. The monoisotopic (exact) mass is 147 g/mol. The zero-order chi connectivity index (χ0) is 7.42. The molecule has 2 aliphatic rings. The zero-order valence-electron chi connectivity index (χ0n) is 6.32. The Bertz CT molecular complexity index is 367.